The minimum absolute atomic E-state index is 0.0294. The molecule has 1 heterocycles. The molecule has 20 amide bonds. The van der Waals surface area contributed by atoms with Gasteiger partial charge in [0.2, 0.25) is 118 Å². The number of nitrogens with two attached hydrogens (primary N) is 2. The van der Waals surface area contributed by atoms with Crippen LogP contribution >= 0.6 is 0 Å². The molecule has 0 bridgehead atoms. The predicted molar refractivity (Wildman–Crippen MR) is 436 cm³/mol. The van der Waals surface area contributed by atoms with Crippen LogP contribution in [0.3, 0.4) is 0 Å². The molecule has 1 saturated heterocycles. The van der Waals surface area contributed by atoms with Gasteiger partial charge in [-0.2, -0.15) is 0 Å². The van der Waals surface area contributed by atoms with Crippen LogP contribution in [-0.2, 0) is 95.9 Å². The van der Waals surface area contributed by atoms with E-state index >= 15 is 0 Å². The van der Waals surface area contributed by atoms with E-state index in [1.807, 2.05) is 0 Å². The Bertz CT molecular complexity index is 3790. The third kappa shape index (κ3) is 34.0. The number of likely N-dealkylation sites (tertiary alicyclic amines) is 1. The first-order valence-electron chi connectivity index (χ1n) is 39.7. The van der Waals surface area contributed by atoms with Crippen molar-refractivity contribution in [2.75, 3.05) is 19.7 Å². The Labute approximate surface area is 697 Å². The molecule has 0 aromatic heterocycles. The fourth-order valence-electron chi connectivity index (χ4n) is 11.6. The highest BCUT2D eigenvalue weighted by atomic mass is 16.3. The van der Waals surface area contributed by atoms with E-state index in [1.54, 1.807) is 41.5 Å². The summed E-state index contributed by atoms with van der Waals surface area (Å²) in [6, 6.07) is -10.0. The minimum atomic E-state index is -1.90. The number of amides is 20. The van der Waals surface area contributed by atoms with E-state index in [4.69, 9.17) is 11.5 Å². The lowest BCUT2D eigenvalue weighted by Crippen LogP contribution is -2.67. The number of aliphatic hydroxyl groups is 1. The van der Waals surface area contributed by atoms with E-state index in [9.17, 15) is 101 Å². The van der Waals surface area contributed by atoms with Gasteiger partial charge in [-0.3, -0.25) is 95.9 Å². The molecule has 674 valence electrons. The fourth-order valence-corrected chi connectivity index (χ4v) is 11.6. The second kappa shape index (κ2) is 43.4. The lowest BCUT2D eigenvalue weighted by Gasteiger charge is -2.35. The number of nitrogens with zero attached hydrogens (tertiary/aromatic N) is 1. The van der Waals surface area contributed by atoms with Crippen molar-refractivity contribution in [3.05, 3.63) is 0 Å². The van der Waals surface area contributed by atoms with Gasteiger partial charge in [0.15, 0.2) is 0 Å². The Balaban J connectivity index is 3.14. The van der Waals surface area contributed by atoms with Crippen molar-refractivity contribution in [1.29, 1.82) is 0 Å². The van der Waals surface area contributed by atoms with Gasteiger partial charge in [-0.1, -0.05) is 41.5 Å². The van der Waals surface area contributed by atoms with Crippen LogP contribution in [-0.4, -0.2) is 246 Å². The fraction of sp³-hybridized carbons (Fsp3) is 0.744. The van der Waals surface area contributed by atoms with Crippen LogP contribution < -0.4 is 102 Å². The van der Waals surface area contributed by atoms with Crippen molar-refractivity contribution >= 4 is 118 Å². The molecule has 22 N–H and O–H groups in total. The molecule has 41 nitrogen and oxygen atoms in total. The van der Waals surface area contributed by atoms with Gasteiger partial charge in [-0.05, 0) is 195 Å². The van der Waals surface area contributed by atoms with Crippen LogP contribution in [0.15, 0.2) is 0 Å². The van der Waals surface area contributed by atoms with Gasteiger partial charge in [-0.25, -0.2) is 0 Å². The first-order chi connectivity index (χ1) is 53.9. The van der Waals surface area contributed by atoms with Gasteiger partial charge in [-0.15, -0.1) is 0 Å². The average Bonchev–Trinajstić information content (AvgIpc) is 1.74. The topological polar surface area (TPSA) is 621 Å². The number of carbonyl (C=O) groups is 20. The standard InChI is InChI=1S/C78H136N20O21/c1-39(2)35-47(58(108)94-76(22,23)66(116)95-74(18,19)65(115)86-45(30-32-51(79)101)56(106)85-49(38-99)41(5)6)84-60(110)50-29-28-34-98(50)69(119)78(26,27)91-55(105)43(8)82-54(104)42(7)83-62(112)73(16,17)96-68(118)77(24,25)97-67(117)75(20,21)92-57(107)46(31-33-52(80)102)87-64(114)72(14,15)93-59(109)48(36-40(3)4)88-63(113)71(12,13)90-53(103)37-81-61(111)70(10,11)89-44(9)100/h39-43,45-50,99H,28-38H2,1-27H3,(H2,79,101)(H2,80,102)(H,81,111)(H,82,104)(H,83,112)(H,84,110)(H,85,106)(H,86,115)(H,87,114)(H,88,113)(H,89,100)(H,90,103)(H,91,105)(H,92,107)(H,93,109)(H,94,108)(H,95,116)(H,96,118)(H,97,117). The second-order valence-electron chi connectivity index (χ2n) is 36.4. The summed E-state index contributed by atoms with van der Waals surface area (Å²) in [7, 11) is 0. The van der Waals surface area contributed by atoms with Gasteiger partial charge in [0.25, 0.3) is 0 Å². The van der Waals surface area contributed by atoms with E-state index in [0.29, 0.717) is 6.42 Å². The Morgan fingerprint density at radius 1 is 0.370 bits per heavy atom. The second-order valence-corrected chi connectivity index (χ2v) is 36.4. The van der Waals surface area contributed by atoms with Crippen LogP contribution in [0.25, 0.3) is 0 Å². The highest BCUT2D eigenvalue weighted by Crippen LogP contribution is 2.24. The molecule has 0 aromatic carbocycles. The van der Waals surface area contributed by atoms with E-state index in [0.717, 1.165) is 0 Å². The summed E-state index contributed by atoms with van der Waals surface area (Å²) in [6.07, 6.45) is -0.762. The molecule has 41 heteroatoms. The first kappa shape index (κ1) is 106. The maximum atomic E-state index is 14.3. The van der Waals surface area contributed by atoms with E-state index in [1.165, 1.54) is 150 Å². The molecule has 8 atom stereocenters. The molecule has 1 fully saturated rings. The quantitative estimate of drug-likeness (QED) is 0.0275. The van der Waals surface area contributed by atoms with E-state index in [-0.39, 0.29) is 56.4 Å². The maximum Gasteiger partial charge on any atom is 0.248 e. The number of nitrogens with one attached hydrogen (secondary N) is 17. The number of hydrogen-bond donors (Lipinski definition) is 20. The van der Waals surface area contributed by atoms with Gasteiger partial charge < -0.3 is 112 Å². The maximum absolute atomic E-state index is 14.3. The summed E-state index contributed by atoms with van der Waals surface area (Å²) in [5.41, 5.74) is -4.92. The van der Waals surface area contributed by atoms with Crippen LogP contribution in [0.5, 0.6) is 0 Å². The molecule has 0 aromatic rings. The number of rotatable bonds is 46. The number of hydrogen-bond acceptors (Lipinski definition) is 21. The van der Waals surface area contributed by atoms with Crippen molar-refractivity contribution in [3.63, 3.8) is 0 Å². The number of aliphatic hydroxyl groups excluding tert-OH is 1. The van der Waals surface area contributed by atoms with Gasteiger partial charge in [0.05, 0.1) is 19.2 Å². The largest absolute Gasteiger partial charge is 0.394 e. The normalized spacial score (nSPS) is 15.4. The summed E-state index contributed by atoms with van der Waals surface area (Å²) in [5, 5.41) is 53.0. The van der Waals surface area contributed by atoms with Crippen molar-refractivity contribution in [2.24, 2.45) is 29.2 Å². The lowest BCUT2D eigenvalue weighted by atomic mass is 9.95. The number of primary amides is 2. The summed E-state index contributed by atoms with van der Waals surface area (Å²) in [5.74, 6) is -17.0. The van der Waals surface area contributed by atoms with E-state index in [2.05, 4.69) is 90.4 Å². The van der Waals surface area contributed by atoms with Crippen molar-refractivity contribution in [3.8, 4) is 0 Å². The zero-order valence-corrected chi connectivity index (χ0v) is 74.3. The summed E-state index contributed by atoms with van der Waals surface area (Å²) in [6.45, 7) is 37.4. The predicted octanol–water partition coefficient (Wildman–Crippen LogP) is -4.13. The molecule has 8 unspecified atom stereocenters. The van der Waals surface area contributed by atoms with Gasteiger partial charge in [0, 0.05) is 26.3 Å². The van der Waals surface area contributed by atoms with Crippen molar-refractivity contribution < 1.29 is 101 Å². The van der Waals surface area contributed by atoms with Crippen LogP contribution in [0.4, 0.5) is 0 Å². The molecular formula is C78H136N20O21. The SMILES string of the molecule is CC(=O)NC(C)(C)C(=O)NCC(=O)NC(C)(C)C(=O)NC(CC(C)C)C(=O)NC(C)(C)C(=O)NC(CCC(N)=O)C(=O)NC(C)(C)C(=O)NC(C)(C)C(=O)NC(C)(C)C(=O)NC(C)C(=O)NC(C)C(=O)NC(C)(C)C(=O)N1CCCC1C(=O)NC(CC(C)C)C(=O)NC(C)(C)C(=O)NC(C)(C)C(=O)NC(CCC(N)=O)C(=O)NC(CO)C(C)C. The summed E-state index contributed by atoms with van der Waals surface area (Å²) >= 11 is 0. The van der Waals surface area contributed by atoms with Crippen molar-refractivity contribution in [2.45, 2.75) is 336 Å². The minimum Gasteiger partial charge on any atom is -0.394 e. The third-order valence-corrected chi connectivity index (χ3v) is 19.4. The van der Waals surface area contributed by atoms with Crippen LogP contribution in [0.1, 0.15) is 238 Å². The summed E-state index contributed by atoms with van der Waals surface area (Å²) in [4.78, 5) is 271. The van der Waals surface area contributed by atoms with Crippen LogP contribution in [0.2, 0.25) is 0 Å². The highest BCUT2D eigenvalue weighted by Gasteiger charge is 2.47. The highest BCUT2D eigenvalue weighted by molar-refractivity contribution is 6.04. The number of carbonyl (C=O) groups excluding carboxylic acids is 20. The molecule has 1 aliphatic rings. The zero-order chi connectivity index (χ0) is 92.8. The zero-order valence-electron chi connectivity index (χ0n) is 74.3. The van der Waals surface area contributed by atoms with Gasteiger partial charge in [0.1, 0.15) is 92.1 Å². The molecule has 0 radical (unpaired) electrons. The van der Waals surface area contributed by atoms with E-state index < -0.39 is 242 Å². The third-order valence-electron chi connectivity index (χ3n) is 19.4. The molecular weight excluding hydrogens is 1550 g/mol. The smallest absolute Gasteiger partial charge is 0.248 e. The molecule has 1 aliphatic heterocycles. The Morgan fingerprint density at radius 3 is 1.10 bits per heavy atom. The van der Waals surface area contributed by atoms with Gasteiger partial charge >= 0.3 is 0 Å². The Morgan fingerprint density at radius 2 is 0.706 bits per heavy atom. The average molecular weight is 1690 g/mol. The molecule has 0 spiro atoms. The molecule has 119 heavy (non-hydrogen) atoms. The summed E-state index contributed by atoms with van der Waals surface area (Å²) < 4.78 is 0. The molecule has 1 rings (SSSR count). The lowest BCUT2D eigenvalue weighted by molar-refractivity contribution is -0.145. The van der Waals surface area contributed by atoms with Crippen molar-refractivity contribution in [1.82, 2.24) is 95.3 Å². The molecule has 0 saturated carbocycles. The monoisotopic (exact) mass is 1690 g/mol. The van der Waals surface area contributed by atoms with Crippen LogP contribution in [0, 0.1) is 17.8 Å². The first-order valence-corrected chi connectivity index (χ1v) is 39.7. The Hall–Kier alpha value is -10.6. The molecule has 0 aliphatic carbocycles. The Kier molecular flexibility index (Phi) is 38.8.